The van der Waals surface area contributed by atoms with Crippen LogP contribution in [0.3, 0.4) is 0 Å². The highest BCUT2D eigenvalue weighted by Gasteiger charge is 2.67. The Labute approximate surface area is 114 Å². The first-order valence-corrected chi connectivity index (χ1v) is 7.45. The predicted octanol–water partition coefficient (Wildman–Crippen LogP) is 1.12. The summed E-state index contributed by atoms with van der Waals surface area (Å²) in [4.78, 5) is 2.51. The molecule has 0 aromatic carbocycles. The van der Waals surface area contributed by atoms with Crippen molar-refractivity contribution in [1.29, 1.82) is 0 Å². The number of nitrogens with zero attached hydrogens (tertiary/aromatic N) is 1. The number of piperidine rings is 1. The van der Waals surface area contributed by atoms with Gasteiger partial charge in [0.1, 0.15) is 17.8 Å². The second-order valence-electron chi connectivity index (χ2n) is 6.72. The summed E-state index contributed by atoms with van der Waals surface area (Å²) in [5, 5.41) is 0. The summed E-state index contributed by atoms with van der Waals surface area (Å²) < 4.78 is 23.7. The minimum absolute atomic E-state index is 0.0428. The van der Waals surface area contributed by atoms with Gasteiger partial charge >= 0.3 is 0 Å². The quantitative estimate of drug-likeness (QED) is 0.751. The molecule has 5 nitrogen and oxygen atoms in total. The van der Waals surface area contributed by atoms with E-state index in [0.717, 1.165) is 6.54 Å². The topological polar surface area (TPSA) is 40.2 Å². The Balaban J connectivity index is 1.46. The largest absolute Gasteiger partial charge is 0.369 e. The average Bonchev–Trinajstić information content (AvgIpc) is 2.71. The second-order valence-corrected chi connectivity index (χ2v) is 6.72. The molecule has 4 aliphatic rings. The number of rotatable bonds is 2. The molecule has 0 aliphatic carbocycles. The lowest BCUT2D eigenvalue weighted by molar-refractivity contribution is -0.299. The smallest absolute Gasteiger partial charge is 0.190 e. The summed E-state index contributed by atoms with van der Waals surface area (Å²) in [5.41, 5.74) is -0.191. The van der Waals surface area contributed by atoms with E-state index >= 15 is 0 Å². The van der Waals surface area contributed by atoms with Crippen LogP contribution in [0.15, 0.2) is 0 Å². The Hall–Kier alpha value is -0.200. The molecule has 4 heterocycles. The van der Waals surface area contributed by atoms with Gasteiger partial charge in [0.25, 0.3) is 0 Å². The van der Waals surface area contributed by atoms with E-state index < -0.39 is 5.79 Å². The van der Waals surface area contributed by atoms with Gasteiger partial charge in [0.05, 0.1) is 6.61 Å². The van der Waals surface area contributed by atoms with E-state index in [1.54, 1.807) is 0 Å². The fraction of sp³-hybridized carbons (Fsp3) is 1.00. The molecule has 0 aromatic heterocycles. The molecule has 0 spiro atoms. The fourth-order valence-electron chi connectivity index (χ4n) is 3.81. The molecule has 0 N–H and O–H groups in total. The highest BCUT2D eigenvalue weighted by Crippen LogP contribution is 2.48. The van der Waals surface area contributed by atoms with Crippen molar-refractivity contribution in [2.75, 3.05) is 26.2 Å². The van der Waals surface area contributed by atoms with Crippen LogP contribution in [0.1, 0.15) is 33.1 Å². The van der Waals surface area contributed by atoms with Crippen LogP contribution in [0.2, 0.25) is 0 Å². The maximum atomic E-state index is 6.20. The number of hydrogen-bond acceptors (Lipinski definition) is 5. The molecule has 4 aliphatic heterocycles. The van der Waals surface area contributed by atoms with Crippen LogP contribution in [-0.2, 0) is 18.9 Å². The van der Waals surface area contributed by atoms with Gasteiger partial charge in [-0.1, -0.05) is 6.42 Å². The van der Waals surface area contributed by atoms with Crippen LogP contribution in [0.4, 0.5) is 0 Å². The van der Waals surface area contributed by atoms with Crippen molar-refractivity contribution < 1.29 is 18.9 Å². The predicted molar refractivity (Wildman–Crippen MR) is 67.7 cm³/mol. The van der Waals surface area contributed by atoms with E-state index in [9.17, 15) is 0 Å². The maximum Gasteiger partial charge on any atom is 0.190 e. The summed E-state index contributed by atoms with van der Waals surface area (Å²) in [7, 11) is 0. The Morgan fingerprint density at radius 1 is 1.05 bits per heavy atom. The van der Waals surface area contributed by atoms with Gasteiger partial charge in [-0.3, -0.25) is 0 Å². The molecule has 4 saturated heterocycles. The van der Waals surface area contributed by atoms with E-state index in [-0.39, 0.29) is 24.1 Å². The number of ether oxygens (including phenoxy) is 4. The molecule has 0 saturated carbocycles. The van der Waals surface area contributed by atoms with Crippen molar-refractivity contribution in [2.45, 2.75) is 63.0 Å². The van der Waals surface area contributed by atoms with Gasteiger partial charge in [0.15, 0.2) is 12.1 Å². The molecule has 4 rings (SSSR count). The summed E-state index contributed by atoms with van der Waals surface area (Å²) in [6, 6.07) is 0. The molecule has 0 unspecified atom stereocenters. The van der Waals surface area contributed by atoms with Crippen LogP contribution < -0.4 is 0 Å². The zero-order chi connectivity index (χ0) is 13.1. The van der Waals surface area contributed by atoms with Crippen molar-refractivity contribution in [3.8, 4) is 0 Å². The van der Waals surface area contributed by atoms with Crippen molar-refractivity contribution in [3.05, 3.63) is 0 Å². The van der Waals surface area contributed by atoms with Crippen molar-refractivity contribution >= 4 is 0 Å². The summed E-state index contributed by atoms with van der Waals surface area (Å²) in [5.74, 6) is -0.550. The molecule has 108 valence electrons. The lowest BCUT2D eigenvalue weighted by Gasteiger charge is -2.47. The van der Waals surface area contributed by atoms with Crippen molar-refractivity contribution in [1.82, 2.24) is 4.90 Å². The van der Waals surface area contributed by atoms with E-state index in [1.165, 1.54) is 32.4 Å². The van der Waals surface area contributed by atoms with Gasteiger partial charge in [-0.2, -0.15) is 0 Å². The molecule has 4 atom stereocenters. The zero-order valence-electron chi connectivity index (χ0n) is 11.8. The van der Waals surface area contributed by atoms with Gasteiger partial charge < -0.3 is 23.8 Å². The van der Waals surface area contributed by atoms with E-state index in [2.05, 4.69) is 4.90 Å². The first-order valence-electron chi connectivity index (χ1n) is 7.45. The van der Waals surface area contributed by atoms with Gasteiger partial charge in [-0.05, 0) is 39.8 Å². The van der Waals surface area contributed by atoms with Crippen molar-refractivity contribution in [3.63, 3.8) is 0 Å². The Morgan fingerprint density at radius 3 is 2.53 bits per heavy atom. The zero-order valence-corrected chi connectivity index (χ0v) is 11.8. The monoisotopic (exact) mass is 269 g/mol. The van der Waals surface area contributed by atoms with Crippen molar-refractivity contribution in [2.24, 2.45) is 0 Å². The first kappa shape index (κ1) is 12.5. The number of hydrogen-bond donors (Lipinski definition) is 0. The highest BCUT2D eigenvalue weighted by atomic mass is 16.9. The Kier molecular flexibility index (Phi) is 2.74. The van der Waals surface area contributed by atoms with E-state index in [0.29, 0.717) is 6.61 Å². The summed E-state index contributed by atoms with van der Waals surface area (Å²) in [6.45, 7) is 7.85. The minimum atomic E-state index is -0.550. The third-order valence-electron chi connectivity index (χ3n) is 4.70. The van der Waals surface area contributed by atoms with Crippen LogP contribution in [0.25, 0.3) is 0 Å². The molecule has 0 aromatic rings. The third kappa shape index (κ3) is 1.94. The van der Waals surface area contributed by atoms with Gasteiger partial charge in [0.2, 0.25) is 0 Å². The SMILES string of the molecule is CC1(C)O[C@H]2O[C@]3(CN4CCCCC4)CO[C@@H]3[C@H]2O1. The van der Waals surface area contributed by atoms with Gasteiger partial charge in [-0.25, -0.2) is 0 Å². The molecule has 19 heavy (non-hydrogen) atoms. The average molecular weight is 269 g/mol. The number of likely N-dealkylation sites (tertiary alicyclic amines) is 1. The molecule has 0 bridgehead atoms. The van der Waals surface area contributed by atoms with Crippen LogP contribution in [0, 0.1) is 0 Å². The maximum absolute atomic E-state index is 6.20. The van der Waals surface area contributed by atoms with E-state index in [4.69, 9.17) is 18.9 Å². The van der Waals surface area contributed by atoms with Crippen LogP contribution >= 0.6 is 0 Å². The lowest BCUT2D eigenvalue weighted by atomic mass is 9.89. The fourth-order valence-corrected chi connectivity index (χ4v) is 3.81. The minimum Gasteiger partial charge on any atom is -0.369 e. The second kappa shape index (κ2) is 4.15. The molecule has 4 fully saturated rings. The third-order valence-corrected chi connectivity index (χ3v) is 4.70. The summed E-state index contributed by atoms with van der Waals surface area (Å²) >= 11 is 0. The molecule has 5 heteroatoms. The molecule has 0 radical (unpaired) electrons. The normalized spacial score (nSPS) is 48.6. The highest BCUT2D eigenvalue weighted by molar-refractivity contribution is 5.11. The van der Waals surface area contributed by atoms with Crippen LogP contribution in [-0.4, -0.2) is 61.0 Å². The standard InChI is InChI=1S/C14H23NO4/c1-13(2)17-10-11-14(9-16-11,19-12(10)18-13)8-15-6-4-3-5-7-15/h10-12H,3-9H2,1-2H3/t10-,11-,12+,14-/m1/s1. The summed E-state index contributed by atoms with van der Waals surface area (Å²) in [6.07, 6.45) is 3.68. The first-order chi connectivity index (χ1) is 9.08. The molecule has 0 amide bonds. The Morgan fingerprint density at radius 2 is 1.84 bits per heavy atom. The molecular weight excluding hydrogens is 246 g/mol. The lowest BCUT2D eigenvalue weighted by Crippen LogP contribution is -2.65. The Bertz CT molecular complexity index is 368. The van der Waals surface area contributed by atoms with E-state index in [1.807, 2.05) is 13.8 Å². The number of fused-ring (bicyclic) bond motifs is 3. The van der Waals surface area contributed by atoms with Gasteiger partial charge in [-0.15, -0.1) is 0 Å². The van der Waals surface area contributed by atoms with Gasteiger partial charge in [0, 0.05) is 6.54 Å². The van der Waals surface area contributed by atoms with Crippen LogP contribution in [0.5, 0.6) is 0 Å². The molecular formula is C14H23NO4.